The van der Waals surface area contributed by atoms with Crippen molar-refractivity contribution in [1.29, 1.82) is 0 Å². The van der Waals surface area contributed by atoms with Crippen molar-refractivity contribution in [2.24, 2.45) is 5.92 Å². The Bertz CT molecular complexity index is 771. The van der Waals surface area contributed by atoms with Crippen molar-refractivity contribution >= 4 is 52.6 Å². The first-order valence-corrected chi connectivity index (χ1v) is 11.1. The average Bonchev–Trinajstić information content (AvgIpc) is 2.97. The standard InChI is InChI=1S/C19H23Cl2N3O3S/c1-22(11-13-2-3-15(20)16(21)10-13)18(26)14-12-24(19(27)17(14)25)5-4-23-6-8-28-9-7-23/h2-3,10,14H,4-9,11-12H2,1H3. The fourth-order valence-corrected chi connectivity index (χ4v) is 4.72. The Hall–Kier alpha value is -1.28. The van der Waals surface area contributed by atoms with E-state index in [0.29, 0.717) is 23.1 Å². The zero-order chi connectivity index (χ0) is 20.3. The summed E-state index contributed by atoms with van der Waals surface area (Å²) in [6.07, 6.45) is 0. The second-order valence-electron chi connectivity index (χ2n) is 7.06. The van der Waals surface area contributed by atoms with Crippen LogP contribution in [0.5, 0.6) is 0 Å². The van der Waals surface area contributed by atoms with Gasteiger partial charge in [0.2, 0.25) is 11.7 Å². The lowest BCUT2D eigenvalue weighted by atomic mass is 10.1. The highest BCUT2D eigenvalue weighted by Crippen LogP contribution is 2.24. The number of benzene rings is 1. The number of carbonyl (C=O) groups excluding carboxylic acids is 3. The van der Waals surface area contributed by atoms with Gasteiger partial charge in [-0.3, -0.25) is 19.3 Å². The predicted octanol–water partition coefficient (Wildman–Crippen LogP) is 2.03. The first-order valence-electron chi connectivity index (χ1n) is 9.19. The molecule has 0 radical (unpaired) electrons. The molecule has 0 aromatic heterocycles. The number of thioether (sulfide) groups is 1. The van der Waals surface area contributed by atoms with Crippen molar-refractivity contribution in [2.45, 2.75) is 6.54 Å². The van der Waals surface area contributed by atoms with Gasteiger partial charge >= 0.3 is 0 Å². The molecule has 0 spiro atoms. The van der Waals surface area contributed by atoms with Gasteiger partial charge in [-0.25, -0.2) is 0 Å². The van der Waals surface area contributed by atoms with Crippen LogP contribution in [0.3, 0.4) is 0 Å². The topological polar surface area (TPSA) is 60.9 Å². The van der Waals surface area contributed by atoms with Gasteiger partial charge in [-0.1, -0.05) is 29.3 Å². The summed E-state index contributed by atoms with van der Waals surface area (Å²) >= 11 is 13.9. The maximum absolute atomic E-state index is 12.8. The number of ketones is 1. The lowest BCUT2D eigenvalue weighted by Crippen LogP contribution is -2.40. The molecule has 0 bridgehead atoms. The highest BCUT2D eigenvalue weighted by molar-refractivity contribution is 7.99. The van der Waals surface area contributed by atoms with Gasteiger partial charge in [0.1, 0.15) is 5.92 Å². The van der Waals surface area contributed by atoms with E-state index >= 15 is 0 Å². The Labute approximate surface area is 179 Å². The van der Waals surface area contributed by atoms with Crippen molar-refractivity contribution in [3.63, 3.8) is 0 Å². The Balaban J connectivity index is 1.57. The van der Waals surface area contributed by atoms with Gasteiger partial charge in [0.05, 0.1) is 10.0 Å². The fraction of sp³-hybridized carbons (Fsp3) is 0.526. The monoisotopic (exact) mass is 443 g/mol. The molecule has 2 aliphatic heterocycles. The van der Waals surface area contributed by atoms with Gasteiger partial charge in [0.25, 0.3) is 5.91 Å². The third kappa shape index (κ3) is 5.00. The minimum Gasteiger partial charge on any atom is -0.341 e. The van der Waals surface area contributed by atoms with Gasteiger partial charge in [0.15, 0.2) is 0 Å². The Morgan fingerprint density at radius 3 is 2.57 bits per heavy atom. The number of Topliss-reactive ketones (excluding diaryl/α,β-unsaturated/α-hetero) is 1. The molecule has 2 amide bonds. The van der Waals surface area contributed by atoms with Crippen molar-refractivity contribution in [3.05, 3.63) is 33.8 Å². The Kier molecular flexibility index (Phi) is 7.25. The summed E-state index contributed by atoms with van der Waals surface area (Å²) in [5.41, 5.74) is 0.807. The van der Waals surface area contributed by atoms with E-state index in [-0.39, 0.29) is 12.5 Å². The molecular weight excluding hydrogens is 421 g/mol. The van der Waals surface area contributed by atoms with Gasteiger partial charge in [0, 0.05) is 57.8 Å². The van der Waals surface area contributed by atoms with E-state index in [1.54, 1.807) is 25.2 Å². The molecule has 2 fully saturated rings. The number of hydrogen-bond acceptors (Lipinski definition) is 5. The van der Waals surface area contributed by atoms with Gasteiger partial charge in [-0.2, -0.15) is 11.8 Å². The molecular formula is C19H23Cl2N3O3S. The second-order valence-corrected chi connectivity index (χ2v) is 9.10. The molecule has 1 aromatic rings. The lowest BCUT2D eigenvalue weighted by molar-refractivity contribution is -0.144. The molecule has 6 nitrogen and oxygen atoms in total. The van der Waals surface area contributed by atoms with Crippen molar-refractivity contribution in [2.75, 3.05) is 51.3 Å². The van der Waals surface area contributed by atoms with Gasteiger partial charge in [-0.15, -0.1) is 0 Å². The van der Waals surface area contributed by atoms with Gasteiger partial charge in [-0.05, 0) is 17.7 Å². The van der Waals surface area contributed by atoms with Crippen LogP contribution in [0.2, 0.25) is 10.0 Å². The van der Waals surface area contributed by atoms with E-state index in [1.807, 2.05) is 11.8 Å². The molecule has 1 unspecified atom stereocenters. The van der Waals surface area contributed by atoms with E-state index in [4.69, 9.17) is 23.2 Å². The quantitative estimate of drug-likeness (QED) is 0.497. The Morgan fingerprint density at radius 1 is 1.18 bits per heavy atom. The highest BCUT2D eigenvalue weighted by Gasteiger charge is 2.44. The summed E-state index contributed by atoms with van der Waals surface area (Å²) < 4.78 is 0. The van der Waals surface area contributed by atoms with E-state index in [9.17, 15) is 14.4 Å². The van der Waals surface area contributed by atoms with Crippen LogP contribution in [-0.4, -0.2) is 83.6 Å². The van der Waals surface area contributed by atoms with Crippen LogP contribution < -0.4 is 0 Å². The number of halogens is 2. The van der Waals surface area contributed by atoms with E-state index in [0.717, 1.165) is 36.7 Å². The molecule has 2 aliphatic rings. The molecule has 2 heterocycles. The van der Waals surface area contributed by atoms with Crippen LogP contribution in [0.1, 0.15) is 5.56 Å². The zero-order valence-corrected chi connectivity index (χ0v) is 18.0. The minimum absolute atomic E-state index is 0.158. The van der Waals surface area contributed by atoms with Crippen LogP contribution in [0.4, 0.5) is 0 Å². The van der Waals surface area contributed by atoms with Crippen molar-refractivity contribution < 1.29 is 14.4 Å². The van der Waals surface area contributed by atoms with Crippen LogP contribution in [-0.2, 0) is 20.9 Å². The average molecular weight is 444 g/mol. The van der Waals surface area contributed by atoms with Crippen LogP contribution in [0, 0.1) is 5.92 Å². The van der Waals surface area contributed by atoms with Crippen LogP contribution >= 0.6 is 35.0 Å². The summed E-state index contributed by atoms with van der Waals surface area (Å²) in [7, 11) is 1.62. The predicted molar refractivity (Wildman–Crippen MR) is 112 cm³/mol. The fourth-order valence-electron chi connectivity index (χ4n) is 3.42. The molecule has 0 N–H and O–H groups in total. The molecule has 0 saturated carbocycles. The summed E-state index contributed by atoms with van der Waals surface area (Å²) in [5.74, 6) is -0.257. The third-order valence-corrected chi connectivity index (χ3v) is 6.77. The Morgan fingerprint density at radius 2 is 1.89 bits per heavy atom. The van der Waals surface area contributed by atoms with Crippen LogP contribution in [0.25, 0.3) is 0 Å². The lowest BCUT2D eigenvalue weighted by Gasteiger charge is -2.28. The molecule has 28 heavy (non-hydrogen) atoms. The first kappa shape index (κ1) is 21.4. The number of amides is 2. The third-order valence-electron chi connectivity index (χ3n) is 5.09. The number of likely N-dealkylation sites (tertiary alicyclic amines) is 1. The molecule has 0 aliphatic carbocycles. The molecule has 1 atom stereocenters. The maximum atomic E-state index is 12.8. The normalized spacial score (nSPS) is 20.7. The number of carbonyl (C=O) groups is 3. The van der Waals surface area contributed by atoms with Crippen molar-refractivity contribution in [3.8, 4) is 0 Å². The maximum Gasteiger partial charge on any atom is 0.290 e. The smallest absolute Gasteiger partial charge is 0.290 e. The molecule has 3 rings (SSSR count). The van der Waals surface area contributed by atoms with Crippen molar-refractivity contribution in [1.82, 2.24) is 14.7 Å². The second kappa shape index (κ2) is 9.48. The van der Waals surface area contributed by atoms with E-state index in [2.05, 4.69) is 4.90 Å². The SMILES string of the molecule is CN(Cc1ccc(Cl)c(Cl)c1)C(=O)C1CN(CCN2CCSCC2)C(=O)C1=O. The van der Waals surface area contributed by atoms with Crippen LogP contribution in [0.15, 0.2) is 18.2 Å². The highest BCUT2D eigenvalue weighted by atomic mass is 35.5. The molecule has 1 aromatic carbocycles. The number of nitrogens with zero attached hydrogens (tertiary/aromatic N) is 3. The summed E-state index contributed by atoms with van der Waals surface area (Å²) in [4.78, 5) is 42.7. The van der Waals surface area contributed by atoms with E-state index < -0.39 is 17.6 Å². The van der Waals surface area contributed by atoms with E-state index in [1.165, 1.54) is 9.80 Å². The largest absolute Gasteiger partial charge is 0.341 e. The summed E-state index contributed by atoms with van der Waals surface area (Å²) in [6.45, 7) is 3.66. The number of hydrogen-bond donors (Lipinski definition) is 0. The summed E-state index contributed by atoms with van der Waals surface area (Å²) in [6, 6.07) is 5.14. The number of rotatable bonds is 6. The minimum atomic E-state index is -0.933. The van der Waals surface area contributed by atoms with Gasteiger partial charge < -0.3 is 9.80 Å². The first-order chi connectivity index (χ1) is 13.4. The molecule has 152 valence electrons. The summed E-state index contributed by atoms with van der Waals surface area (Å²) in [5, 5.41) is 0.855. The molecule has 9 heteroatoms. The zero-order valence-electron chi connectivity index (χ0n) is 15.7. The molecule has 2 saturated heterocycles.